The minimum absolute atomic E-state index is 0.277. The maximum absolute atomic E-state index is 12.7. The lowest BCUT2D eigenvalue weighted by molar-refractivity contribution is -0.143. The van der Waals surface area contributed by atoms with Gasteiger partial charge in [0, 0.05) is 17.0 Å². The number of carbonyl (C=O) groups excluding carboxylic acids is 2. The first-order chi connectivity index (χ1) is 15.9. The molecule has 0 atom stereocenters. The molecular formula is C28H28N2O4. The molecule has 2 aromatic heterocycles. The average Bonchev–Trinajstić information content (AvgIpc) is 2.77. The molecule has 0 unspecified atom stereocenters. The van der Waals surface area contributed by atoms with Crippen LogP contribution in [0.3, 0.4) is 0 Å². The van der Waals surface area contributed by atoms with Crippen LogP contribution >= 0.6 is 0 Å². The van der Waals surface area contributed by atoms with E-state index in [1.165, 1.54) is 0 Å². The number of benzene rings is 2. The fraction of sp³-hybridized carbons (Fsp3) is 0.286. The Bertz CT molecular complexity index is 1370. The minimum atomic E-state index is -0.716. The zero-order valence-electron chi connectivity index (χ0n) is 20.3. The maximum Gasteiger partial charge on any atom is 0.316 e. The van der Waals surface area contributed by atoms with E-state index >= 15 is 0 Å². The van der Waals surface area contributed by atoms with Gasteiger partial charge in [0.05, 0.1) is 33.1 Å². The van der Waals surface area contributed by atoms with Crippen LogP contribution in [0.15, 0.2) is 60.8 Å². The molecule has 2 heterocycles. The summed E-state index contributed by atoms with van der Waals surface area (Å²) in [6, 6.07) is 16.7. The van der Waals surface area contributed by atoms with E-state index in [1.807, 2.05) is 36.4 Å². The van der Waals surface area contributed by atoms with Crippen molar-refractivity contribution in [2.45, 2.75) is 41.5 Å². The summed E-state index contributed by atoms with van der Waals surface area (Å²) in [5, 5.41) is 1.89. The third kappa shape index (κ3) is 4.62. The number of aromatic nitrogens is 2. The van der Waals surface area contributed by atoms with E-state index in [-0.39, 0.29) is 11.5 Å². The molecule has 4 aromatic rings. The molecule has 0 spiro atoms. The van der Waals surface area contributed by atoms with Crippen LogP contribution in [0.25, 0.3) is 33.1 Å². The highest BCUT2D eigenvalue weighted by atomic mass is 16.5. The summed E-state index contributed by atoms with van der Waals surface area (Å²) >= 11 is 0. The zero-order valence-corrected chi connectivity index (χ0v) is 20.3. The number of hydrogen-bond acceptors (Lipinski definition) is 6. The fourth-order valence-electron chi connectivity index (χ4n) is 3.30. The van der Waals surface area contributed by atoms with Gasteiger partial charge in [0.15, 0.2) is 0 Å². The predicted molar refractivity (Wildman–Crippen MR) is 133 cm³/mol. The van der Waals surface area contributed by atoms with Crippen molar-refractivity contribution in [3.05, 3.63) is 60.8 Å². The van der Waals surface area contributed by atoms with Crippen molar-refractivity contribution in [3.8, 4) is 22.8 Å². The highest BCUT2D eigenvalue weighted by Crippen LogP contribution is 2.40. The summed E-state index contributed by atoms with van der Waals surface area (Å²) in [5.74, 6) is -0.250. The Morgan fingerprint density at radius 2 is 1.21 bits per heavy atom. The molecule has 34 heavy (non-hydrogen) atoms. The van der Waals surface area contributed by atoms with Gasteiger partial charge in [-0.1, -0.05) is 30.3 Å². The molecule has 6 nitrogen and oxygen atoms in total. The van der Waals surface area contributed by atoms with Crippen LogP contribution in [-0.2, 0) is 9.59 Å². The van der Waals surface area contributed by atoms with Crippen LogP contribution in [0.2, 0.25) is 0 Å². The molecule has 2 aromatic carbocycles. The quantitative estimate of drug-likeness (QED) is 0.203. The lowest BCUT2D eigenvalue weighted by atomic mass is 9.97. The Kier molecular flexibility index (Phi) is 5.86. The normalized spacial score (nSPS) is 12.1. The Morgan fingerprint density at radius 1 is 0.676 bits per heavy atom. The van der Waals surface area contributed by atoms with Gasteiger partial charge in [-0.25, -0.2) is 4.98 Å². The number of rotatable bonds is 3. The van der Waals surface area contributed by atoms with Crippen molar-refractivity contribution in [1.29, 1.82) is 0 Å². The summed E-state index contributed by atoms with van der Waals surface area (Å²) in [7, 11) is 0. The van der Waals surface area contributed by atoms with Crippen LogP contribution in [-0.4, -0.2) is 21.9 Å². The van der Waals surface area contributed by atoms with Gasteiger partial charge in [0.1, 0.15) is 11.5 Å². The van der Waals surface area contributed by atoms with Gasteiger partial charge in [-0.05, 0) is 65.8 Å². The van der Waals surface area contributed by atoms with Gasteiger partial charge in [-0.2, -0.15) is 0 Å². The molecular weight excluding hydrogens is 428 g/mol. The number of fused-ring (bicyclic) bond motifs is 3. The van der Waals surface area contributed by atoms with Gasteiger partial charge in [0.25, 0.3) is 0 Å². The largest absolute Gasteiger partial charge is 0.425 e. The summed E-state index contributed by atoms with van der Waals surface area (Å²) in [6.07, 6.45) is 1.73. The first-order valence-corrected chi connectivity index (χ1v) is 11.2. The molecule has 0 aliphatic carbocycles. The van der Waals surface area contributed by atoms with Crippen LogP contribution in [0, 0.1) is 10.8 Å². The van der Waals surface area contributed by atoms with Crippen molar-refractivity contribution in [1.82, 2.24) is 9.97 Å². The molecule has 174 valence electrons. The first kappa shape index (κ1) is 23.4. The summed E-state index contributed by atoms with van der Waals surface area (Å²) in [5.41, 5.74) is 0.991. The second kappa shape index (κ2) is 8.52. The summed E-state index contributed by atoms with van der Waals surface area (Å²) < 4.78 is 11.6. The van der Waals surface area contributed by atoms with E-state index in [0.29, 0.717) is 16.8 Å². The Hall–Kier alpha value is -3.80. The monoisotopic (exact) mass is 456 g/mol. The number of pyridine rings is 2. The summed E-state index contributed by atoms with van der Waals surface area (Å²) in [4.78, 5) is 34.9. The molecule has 0 saturated carbocycles. The number of esters is 2. The molecule has 0 saturated heterocycles. The Labute approximate surface area is 198 Å². The molecule has 0 amide bonds. The van der Waals surface area contributed by atoms with Crippen molar-refractivity contribution >= 4 is 33.7 Å². The molecule has 6 heteroatoms. The lowest BCUT2D eigenvalue weighted by Crippen LogP contribution is -2.27. The third-order valence-corrected chi connectivity index (χ3v) is 5.31. The van der Waals surface area contributed by atoms with Crippen LogP contribution in [0.5, 0.6) is 11.5 Å². The molecule has 0 aliphatic heterocycles. The van der Waals surface area contributed by atoms with E-state index in [2.05, 4.69) is 4.98 Å². The van der Waals surface area contributed by atoms with E-state index in [9.17, 15) is 9.59 Å². The zero-order chi connectivity index (χ0) is 24.7. The van der Waals surface area contributed by atoms with Crippen LogP contribution in [0.4, 0.5) is 0 Å². The number of nitrogens with zero attached hydrogens (tertiary/aromatic N) is 2. The van der Waals surface area contributed by atoms with Gasteiger partial charge in [0.2, 0.25) is 0 Å². The topological polar surface area (TPSA) is 78.4 Å². The van der Waals surface area contributed by atoms with Gasteiger partial charge in [-0.3, -0.25) is 14.6 Å². The second-order valence-electron chi connectivity index (χ2n) is 10.3. The first-order valence-electron chi connectivity index (χ1n) is 11.2. The third-order valence-electron chi connectivity index (χ3n) is 5.31. The molecule has 0 fully saturated rings. The molecule has 0 N–H and O–H groups in total. The van der Waals surface area contributed by atoms with E-state index in [4.69, 9.17) is 14.5 Å². The molecule has 0 aliphatic rings. The average molecular weight is 457 g/mol. The molecule has 0 bridgehead atoms. The van der Waals surface area contributed by atoms with Crippen LogP contribution < -0.4 is 9.47 Å². The summed E-state index contributed by atoms with van der Waals surface area (Å²) in [6.45, 7) is 10.7. The standard InChI is InChI=1S/C28H28N2O4/c1-27(2,3)25(31)33-20-10-7-11-21(34-26(32)28(4,5)6)22(20)19-15-14-18-13-12-17-9-8-16-29-23(17)24(18)30-19/h7-16H,1-6H3. The predicted octanol–water partition coefficient (Wildman–Crippen LogP) is 6.35. The number of hydrogen-bond donors (Lipinski definition) is 0. The molecule has 0 radical (unpaired) electrons. The minimum Gasteiger partial charge on any atom is -0.425 e. The smallest absolute Gasteiger partial charge is 0.316 e. The molecule has 4 rings (SSSR count). The SMILES string of the molecule is CC(C)(C)C(=O)Oc1cccc(OC(=O)C(C)(C)C)c1-c1ccc2ccc3cccnc3c2n1. The van der Waals surface area contributed by atoms with E-state index in [1.54, 1.807) is 65.9 Å². The van der Waals surface area contributed by atoms with E-state index < -0.39 is 22.8 Å². The van der Waals surface area contributed by atoms with Gasteiger partial charge < -0.3 is 9.47 Å². The Balaban J connectivity index is 1.93. The van der Waals surface area contributed by atoms with Crippen molar-refractivity contribution in [3.63, 3.8) is 0 Å². The second-order valence-corrected chi connectivity index (χ2v) is 10.3. The number of carbonyl (C=O) groups is 2. The van der Waals surface area contributed by atoms with Gasteiger partial charge in [-0.15, -0.1) is 0 Å². The van der Waals surface area contributed by atoms with Crippen LogP contribution in [0.1, 0.15) is 41.5 Å². The Morgan fingerprint density at radius 3 is 1.76 bits per heavy atom. The fourth-order valence-corrected chi connectivity index (χ4v) is 3.30. The van der Waals surface area contributed by atoms with Crippen molar-refractivity contribution in [2.75, 3.05) is 0 Å². The highest BCUT2D eigenvalue weighted by Gasteiger charge is 2.29. The van der Waals surface area contributed by atoms with E-state index in [0.717, 1.165) is 16.3 Å². The number of ether oxygens (including phenoxy) is 2. The maximum atomic E-state index is 12.7. The van der Waals surface area contributed by atoms with Crippen molar-refractivity contribution < 1.29 is 19.1 Å². The lowest BCUT2D eigenvalue weighted by Gasteiger charge is -2.21. The van der Waals surface area contributed by atoms with Crippen molar-refractivity contribution in [2.24, 2.45) is 10.8 Å². The van der Waals surface area contributed by atoms with Gasteiger partial charge >= 0.3 is 11.9 Å². The highest BCUT2D eigenvalue weighted by molar-refractivity contribution is 6.03.